The number of aromatic carboxylic acids is 1. The van der Waals surface area contributed by atoms with Crippen molar-refractivity contribution in [3.63, 3.8) is 0 Å². The van der Waals surface area contributed by atoms with Gasteiger partial charge in [0.2, 0.25) is 0 Å². The van der Waals surface area contributed by atoms with Crippen molar-refractivity contribution in [2.45, 2.75) is 25.9 Å². The smallest absolute Gasteiger partial charge is 0.337 e. The van der Waals surface area contributed by atoms with E-state index in [1.807, 2.05) is 6.92 Å². The first-order chi connectivity index (χ1) is 7.65. The first-order valence-corrected chi connectivity index (χ1v) is 5.39. The third-order valence-corrected chi connectivity index (χ3v) is 2.31. The van der Waals surface area contributed by atoms with Crippen LogP contribution < -0.4 is 5.32 Å². The highest BCUT2D eigenvalue weighted by Gasteiger charge is 2.09. The number of para-hydroxylation sites is 1. The van der Waals surface area contributed by atoms with E-state index in [9.17, 15) is 9.90 Å². The highest BCUT2D eigenvalue weighted by molar-refractivity contribution is 5.94. The maximum Gasteiger partial charge on any atom is 0.337 e. The topological polar surface area (TPSA) is 69.6 Å². The van der Waals surface area contributed by atoms with Crippen LogP contribution in [0.4, 0.5) is 5.69 Å². The molecule has 0 radical (unpaired) electrons. The van der Waals surface area contributed by atoms with Gasteiger partial charge in [-0.15, -0.1) is 0 Å². The molecule has 0 saturated carbocycles. The van der Waals surface area contributed by atoms with E-state index in [-0.39, 0.29) is 5.56 Å². The number of carboxylic acid groups (broad SMARTS) is 1. The Kier molecular flexibility index (Phi) is 4.79. The third-order valence-electron chi connectivity index (χ3n) is 2.31. The summed E-state index contributed by atoms with van der Waals surface area (Å²) in [6, 6.07) is 6.68. The highest BCUT2D eigenvalue weighted by Crippen LogP contribution is 2.14. The molecule has 4 heteroatoms. The van der Waals surface area contributed by atoms with Crippen molar-refractivity contribution in [3.8, 4) is 0 Å². The summed E-state index contributed by atoms with van der Waals surface area (Å²) >= 11 is 0. The summed E-state index contributed by atoms with van der Waals surface area (Å²) in [5.74, 6) is -0.965. The largest absolute Gasteiger partial charge is 0.478 e. The molecule has 4 nitrogen and oxygen atoms in total. The van der Waals surface area contributed by atoms with Crippen LogP contribution in [0.1, 0.15) is 30.1 Å². The molecule has 1 unspecified atom stereocenters. The Bertz CT molecular complexity index is 352. The maximum atomic E-state index is 10.9. The monoisotopic (exact) mass is 223 g/mol. The number of carboxylic acids is 1. The zero-order valence-corrected chi connectivity index (χ0v) is 9.31. The van der Waals surface area contributed by atoms with Crippen LogP contribution in [0.2, 0.25) is 0 Å². The van der Waals surface area contributed by atoms with Gasteiger partial charge in [-0.1, -0.05) is 25.5 Å². The predicted molar refractivity (Wildman–Crippen MR) is 62.8 cm³/mol. The van der Waals surface area contributed by atoms with Gasteiger partial charge in [0.25, 0.3) is 0 Å². The molecule has 0 aliphatic carbocycles. The van der Waals surface area contributed by atoms with Gasteiger partial charge in [0.1, 0.15) is 0 Å². The molecule has 0 aliphatic rings. The van der Waals surface area contributed by atoms with E-state index < -0.39 is 12.1 Å². The Hall–Kier alpha value is -1.55. The molecule has 0 amide bonds. The van der Waals surface area contributed by atoms with Crippen LogP contribution in [0.5, 0.6) is 0 Å². The summed E-state index contributed by atoms with van der Waals surface area (Å²) in [6.45, 7) is 2.37. The van der Waals surface area contributed by atoms with Crippen LogP contribution in [-0.4, -0.2) is 28.8 Å². The molecule has 1 atom stereocenters. The predicted octanol–water partition coefficient (Wildman–Crippen LogP) is 1.96. The summed E-state index contributed by atoms with van der Waals surface area (Å²) < 4.78 is 0. The average Bonchev–Trinajstić information content (AvgIpc) is 2.27. The minimum atomic E-state index is -0.965. The fourth-order valence-electron chi connectivity index (χ4n) is 1.49. The Morgan fingerprint density at radius 2 is 2.12 bits per heavy atom. The molecule has 88 valence electrons. The Morgan fingerprint density at radius 1 is 1.44 bits per heavy atom. The molecule has 0 heterocycles. The zero-order chi connectivity index (χ0) is 12.0. The van der Waals surface area contributed by atoms with Crippen molar-refractivity contribution in [2.24, 2.45) is 0 Å². The van der Waals surface area contributed by atoms with Crippen molar-refractivity contribution in [1.29, 1.82) is 0 Å². The van der Waals surface area contributed by atoms with Crippen LogP contribution >= 0.6 is 0 Å². The molecule has 1 aromatic carbocycles. The molecule has 1 aromatic rings. The van der Waals surface area contributed by atoms with Crippen molar-refractivity contribution < 1.29 is 15.0 Å². The van der Waals surface area contributed by atoms with Crippen LogP contribution in [0, 0.1) is 0 Å². The first kappa shape index (κ1) is 12.5. The molecular weight excluding hydrogens is 206 g/mol. The van der Waals surface area contributed by atoms with E-state index in [2.05, 4.69) is 5.32 Å². The lowest BCUT2D eigenvalue weighted by molar-refractivity contribution is 0.0697. The van der Waals surface area contributed by atoms with Gasteiger partial charge in [-0.3, -0.25) is 0 Å². The second-order valence-corrected chi connectivity index (χ2v) is 3.67. The highest BCUT2D eigenvalue weighted by atomic mass is 16.4. The number of hydrogen-bond acceptors (Lipinski definition) is 3. The van der Waals surface area contributed by atoms with Gasteiger partial charge in [0.15, 0.2) is 0 Å². The van der Waals surface area contributed by atoms with Crippen LogP contribution in [-0.2, 0) is 0 Å². The number of nitrogens with one attached hydrogen (secondary N) is 1. The summed E-state index contributed by atoms with van der Waals surface area (Å²) in [5, 5.41) is 21.4. The molecule has 0 aromatic heterocycles. The summed E-state index contributed by atoms with van der Waals surface area (Å²) in [5.41, 5.74) is 0.774. The van der Waals surface area contributed by atoms with E-state index in [1.165, 1.54) is 6.07 Å². The van der Waals surface area contributed by atoms with Gasteiger partial charge in [0.05, 0.1) is 11.7 Å². The quantitative estimate of drug-likeness (QED) is 0.689. The normalized spacial score (nSPS) is 12.1. The fourth-order valence-corrected chi connectivity index (χ4v) is 1.49. The molecule has 3 N–H and O–H groups in total. The average molecular weight is 223 g/mol. The number of rotatable bonds is 6. The lowest BCUT2D eigenvalue weighted by atomic mass is 10.1. The van der Waals surface area contributed by atoms with Crippen molar-refractivity contribution >= 4 is 11.7 Å². The van der Waals surface area contributed by atoms with Gasteiger partial charge in [-0.05, 0) is 18.6 Å². The maximum absolute atomic E-state index is 10.9. The lowest BCUT2D eigenvalue weighted by Crippen LogP contribution is -2.20. The summed E-state index contributed by atoms with van der Waals surface area (Å²) in [6.07, 6.45) is 1.18. The molecule has 16 heavy (non-hydrogen) atoms. The molecule has 0 fully saturated rings. The molecule has 0 bridgehead atoms. The number of aliphatic hydroxyl groups excluding tert-OH is 1. The van der Waals surface area contributed by atoms with Crippen LogP contribution in [0.25, 0.3) is 0 Å². The van der Waals surface area contributed by atoms with E-state index in [1.54, 1.807) is 18.2 Å². The Labute approximate surface area is 94.9 Å². The van der Waals surface area contributed by atoms with Gasteiger partial charge in [-0.25, -0.2) is 4.79 Å². The standard InChI is InChI=1S/C12H17NO3/c1-2-5-9(14)8-13-11-7-4-3-6-10(11)12(15)16/h3-4,6-7,9,13-14H,2,5,8H2,1H3,(H,15,16). The van der Waals surface area contributed by atoms with Gasteiger partial charge in [-0.2, -0.15) is 0 Å². The Morgan fingerprint density at radius 3 is 2.75 bits per heavy atom. The van der Waals surface area contributed by atoms with Crippen molar-refractivity contribution in [2.75, 3.05) is 11.9 Å². The zero-order valence-electron chi connectivity index (χ0n) is 9.31. The first-order valence-electron chi connectivity index (χ1n) is 5.39. The van der Waals surface area contributed by atoms with E-state index in [4.69, 9.17) is 5.11 Å². The Balaban J connectivity index is 2.63. The number of benzene rings is 1. The second-order valence-electron chi connectivity index (χ2n) is 3.67. The minimum absolute atomic E-state index is 0.228. The van der Waals surface area contributed by atoms with E-state index >= 15 is 0 Å². The number of carbonyl (C=O) groups is 1. The van der Waals surface area contributed by atoms with Crippen molar-refractivity contribution in [3.05, 3.63) is 29.8 Å². The van der Waals surface area contributed by atoms with E-state index in [0.717, 1.165) is 6.42 Å². The lowest BCUT2D eigenvalue weighted by Gasteiger charge is -2.13. The molecule has 0 spiro atoms. The summed E-state index contributed by atoms with van der Waals surface area (Å²) in [7, 11) is 0. The van der Waals surface area contributed by atoms with Crippen LogP contribution in [0.3, 0.4) is 0 Å². The fraction of sp³-hybridized carbons (Fsp3) is 0.417. The molecule has 1 rings (SSSR count). The van der Waals surface area contributed by atoms with Gasteiger partial charge >= 0.3 is 5.97 Å². The second kappa shape index (κ2) is 6.12. The van der Waals surface area contributed by atoms with E-state index in [0.29, 0.717) is 18.7 Å². The third kappa shape index (κ3) is 3.55. The minimum Gasteiger partial charge on any atom is -0.478 e. The number of anilines is 1. The molecule has 0 saturated heterocycles. The summed E-state index contributed by atoms with van der Waals surface area (Å²) in [4.78, 5) is 10.9. The molecular formula is C12H17NO3. The van der Waals surface area contributed by atoms with Gasteiger partial charge in [0, 0.05) is 12.2 Å². The SMILES string of the molecule is CCCC(O)CNc1ccccc1C(=O)O. The van der Waals surface area contributed by atoms with Crippen molar-refractivity contribution in [1.82, 2.24) is 0 Å². The van der Waals surface area contributed by atoms with Crippen LogP contribution in [0.15, 0.2) is 24.3 Å². The van der Waals surface area contributed by atoms with Gasteiger partial charge < -0.3 is 15.5 Å². The number of hydrogen-bond donors (Lipinski definition) is 3. The molecule has 0 aliphatic heterocycles. The number of aliphatic hydroxyl groups is 1.